The summed E-state index contributed by atoms with van der Waals surface area (Å²) in [6.45, 7) is -1.34. The molecule has 16 heavy (non-hydrogen) atoms. The van der Waals surface area contributed by atoms with Crippen LogP contribution in [0.15, 0.2) is 4.90 Å². The lowest BCUT2D eigenvalue weighted by atomic mass is 10.5. The van der Waals surface area contributed by atoms with Crippen LogP contribution in [0.2, 0.25) is 0 Å². The third-order valence-corrected chi connectivity index (χ3v) is 3.60. The van der Waals surface area contributed by atoms with Gasteiger partial charge in [-0.3, -0.25) is 0 Å². The molecule has 0 aliphatic rings. The smallest absolute Gasteiger partial charge is 0.382 e. The number of nitrogens with two attached hydrogens (primary N) is 1. The van der Waals surface area contributed by atoms with Gasteiger partial charge in [0.2, 0.25) is 0 Å². The van der Waals surface area contributed by atoms with Gasteiger partial charge in [0, 0.05) is 6.26 Å². The van der Waals surface area contributed by atoms with Gasteiger partial charge in [0.05, 0.1) is 0 Å². The molecule has 1 aromatic heterocycles. The first-order valence-corrected chi connectivity index (χ1v) is 6.53. The fourth-order valence-electron chi connectivity index (χ4n) is 0.945. The molecule has 0 spiro atoms. The summed E-state index contributed by atoms with van der Waals surface area (Å²) in [5, 5.41) is 1.76. The Bertz CT molecular complexity index is 480. The predicted octanol–water partition coefficient (Wildman–Crippen LogP) is 1.10. The Morgan fingerprint density at radius 2 is 2.06 bits per heavy atom. The quantitative estimate of drug-likeness (QED) is 0.863. The molecule has 1 rings (SSSR count). The highest BCUT2D eigenvalue weighted by molar-refractivity contribution is 7.91. The van der Waals surface area contributed by atoms with Crippen LogP contribution in [0, 0.1) is 0 Å². The summed E-state index contributed by atoms with van der Waals surface area (Å²) < 4.78 is 61.7. The Balaban J connectivity index is 2.99. The van der Waals surface area contributed by atoms with Crippen molar-refractivity contribution in [1.29, 1.82) is 0 Å². The van der Waals surface area contributed by atoms with E-state index in [-0.39, 0.29) is 15.7 Å². The van der Waals surface area contributed by atoms with Gasteiger partial charge in [-0.15, -0.1) is 0 Å². The number of rotatable bonds is 3. The lowest BCUT2D eigenvalue weighted by Crippen LogP contribution is -2.21. The Labute approximate surface area is 93.5 Å². The summed E-state index contributed by atoms with van der Waals surface area (Å²) in [7, 11) is -3.70. The molecule has 0 aromatic carbocycles. The second-order valence-corrected chi connectivity index (χ2v) is 5.69. The van der Waals surface area contributed by atoms with Gasteiger partial charge in [-0.1, -0.05) is 0 Å². The van der Waals surface area contributed by atoms with Gasteiger partial charge < -0.3 is 11.1 Å². The molecule has 0 amide bonds. The highest BCUT2D eigenvalue weighted by Crippen LogP contribution is 2.32. The zero-order chi connectivity index (χ0) is 12.6. The molecule has 0 aliphatic carbocycles. The average molecular weight is 275 g/mol. The van der Waals surface area contributed by atoms with Crippen LogP contribution in [0.1, 0.15) is 0 Å². The maximum Gasteiger partial charge on any atom is 0.405 e. The molecule has 0 radical (unpaired) electrons. The van der Waals surface area contributed by atoms with Crippen molar-refractivity contribution < 1.29 is 21.6 Å². The van der Waals surface area contributed by atoms with Crippen molar-refractivity contribution in [1.82, 2.24) is 4.37 Å². The Hall–Kier alpha value is -1.03. The first-order valence-electron chi connectivity index (χ1n) is 3.87. The van der Waals surface area contributed by atoms with Gasteiger partial charge in [0.15, 0.2) is 15.7 Å². The summed E-state index contributed by atoms with van der Waals surface area (Å²) >= 11 is 0.578. The normalized spacial score (nSPS) is 12.8. The van der Waals surface area contributed by atoms with E-state index in [2.05, 4.69) is 4.37 Å². The molecule has 10 heteroatoms. The largest absolute Gasteiger partial charge is 0.405 e. The Morgan fingerprint density at radius 3 is 2.50 bits per heavy atom. The molecule has 0 fully saturated rings. The highest BCUT2D eigenvalue weighted by Gasteiger charge is 2.29. The maximum atomic E-state index is 11.9. The molecule has 3 N–H and O–H groups in total. The molecule has 1 heterocycles. The zero-order valence-electron chi connectivity index (χ0n) is 8.00. The molecule has 0 atom stereocenters. The van der Waals surface area contributed by atoms with Gasteiger partial charge in [0.25, 0.3) is 0 Å². The summed E-state index contributed by atoms with van der Waals surface area (Å²) in [6.07, 6.45) is -3.58. The molecule has 0 aliphatic heterocycles. The lowest BCUT2D eigenvalue weighted by Gasteiger charge is -2.08. The van der Waals surface area contributed by atoms with Crippen LogP contribution in [-0.4, -0.2) is 31.8 Å². The second kappa shape index (κ2) is 4.09. The van der Waals surface area contributed by atoms with E-state index in [4.69, 9.17) is 5.73 Å². The Morgan fingerprint density at radius 1 is 1.50 bits per heavy atom. The third-order valence-electron chi connectivity index (χ3n) is 1.49. The number of nitrogens with one attached hydrogen (secondary N) is 1. The molecule has 0 saturated heterocycles. The summed E-state index contributed by atoms with van der Waals surface area (Å²) in [6, 6.07) is 0. The SMILES string of the molecule is CS(=O)(=O)c1c(N)nsc1NCC(F)(F)F. The van der Waals surface area contributed by atoms with Crippen molar-refractivity contribution in [3.8, 4) is 0 Å². The number of anilines is 2. The van der Waals surface area contributed by atoms with E-state index in [9.17, 15) is 21.6 Å². The highest BCUT2D eigenvalue weighted by atomic mass is 32.2. The van der Waals surface area contributed by atoms with Crippen molar-refractivity contribution in [3.05, 3.63) is 0 Å². The number of nitrogens with zero attached hydrogens (tertiary/aromatic N) is 1. The fraction of sp³-hybridized carbons (Fsp3) is 0.500. The molecule has 5 nitrogen and oxygen atoms in total. The summed E-state index contributed by atoms with van der Waals surface area (Å²) in [5.41, 5.74) is 5.27. The molecule has 0 bridgehead atoms. The van der Waals surface area contributed by atoms with E-state index in [0.29, 0.717) is 11.5 Å². The third kappa shape index (κ3) is 3.23. The molecule has 1 aromatic rings. The monoisotopic (exact) mass is 275 g/mol. The van der Waals surface area contributed by atoms with Crippen molar-refractivity contribution in [2.24, 2.45) is 0 Å². The topological polar surface area (TPSA) is 85.1 Å². The number of nitrogen functional groups attached to an aromatic ring is 1. The Kier molecular flexibility index (Phi) is 3.33. The summed E-state index contributed by atoms with van der Waals surface area (Å²) in [5.74, 6) is -0.294. The minimum atomic E-state index is -4.44. The minimum Gasteiger partial charge on any atom is -0.382 e. The van der Waals surface area contributed by atoms with E-state index < -0.39 is 22.6 Å². The van der Waals surface area contributed by atoms with E-state index in [0.717, 1.165) is 6.26 Å². The van der Waals surface area contributed by atoms with Crippen LogP contribution in [0.3, 0.4) is 0 Å². The van der Waals surface area contributed by atoms with Gasteiger partial charge in [0.1, 0.15) is 16.4 Å². The second-order valence-electron chi connectivity index (χ2n) is 2.97. The van der Waals surface area contributed by atoms with E-state index in [1.807, 2.05) is 5.32 Å². The van der Waals surface area contributed by atoms with Crippen LogP contribution < -0.4 is 11.1 Å². The lowest BCUT2D eigenvalue weighted by molar-refractivity contribution is -0.115. The van der Waals surface area contributed by atoms with Crippen molar-refractivity contribution in [3.63, 3.8) is 0 Å². The number of hydrogen-bond acceptors (Lipinski definition) is 6. The summed E-state index contributed by atoms with van der Waals surface area (Å²) in [4.78, 5) is -0.387. The standard InChI is InChI=1S/C6H8F3N3O2S2/c1-16(13,14)3-4(10)12-15-5(3)11-2-6(7,8)9/h11H,2H2,1H3,(H2,10,12). The van der Waals surface area contributed by atoms with Crippen LogP contribution in [0.4, 0.5) is 24.0 Å². The molecule has 0 saturated carbocycles. The van der Waals surface area contributed by atoms with Gasteiger partial charge in [-0.05, 0) is 11.5 Å². The van der Waals surface area contributed by atoms with Crippen LogP contribution in [0.25, 0.3) is 0 Å². The molecular weight excluding hydrogens is 267 g/mol. The number of halogens is 3. The van der Waals surface area contributed by atoms with Gasteiger partial charge in [-0.2, -0.15) is 17.5 Å². The predicted molar refractivity (Wildman–Crippen MR) is 54.2 cm³/mol. The molecule has 0 unspecified atom stereocenters. The van der Waals surface area contributed by atoms with Crippen molar-refractivity contribution >= 4 is 32.2 Å². The fourth-order valence-corrected chi connectivity index (χ4v) is 3.01. The number of alkyl halides is 3. The van der Waals surface area contributed by atoms with E-state index in [1.54, 1.807) is 0 Å². The van der Waals surface area contributed by atoms with Crippen LogP contribution in [-0.2, 0) is 9.84 Å². The number of hydrogen-bond donors (Lipinski definition) is 2. The van der Waals surface area contributed by atoms with Gasteiger partial charge >= 0.3 is 6.18 Å². The molecular formula is C6H8F3N3O2S2. The number of sulfone groups is 1. The zero-order valence-corrected chi connectivity index (χ0v) is 9.63. The first-order chi connectivity index (χ1) is 7.11. The first kappa shape index (κ1) is 13.0. The average Bonchev–Trinajstić information content (AvgIpc) is 2.41. The van der Waals surface area contributed by atoms with Crippen molar-refractivity contribution in [2.75, 3.05) is 23.9 Å². The maximum absolute atomic E-state index is 11.9. The van der Waals surface area contributed by atoms with Crippen LogP contribution >= 0.6 is 11.5 Å². The van der Waals surface area contributed by atoms with Crippen molar-refractivity contribution in [2.45, 2.75) is 11.1 Å². The number of aromatic nitrogens is 1. The molecule has 92 valence electrons. The van der Waals surface area contributed by atoms with E-state index in [1.165, 1.54) is 0 Å². The van der Waals surface area contributed by atoms with Gasteiger partial charge in [-0.25, -0.2) is 8.42 Å². The van der Waals surface area contributed by atoms with Crippen LogP contribution in [0.5, 0.6) is 0 Å². The minimum absolute atomic E-state index is 0.197. The van der Waals surface area contributed by atoms with E-state index >= 15 is 0 Å².